The van der Waals surface area contributed by atoms with Gasteiger partial charge in [0.05, 0.1) is 4.92 Å². The van der Waals surface area contributed by atoms with Crippen molar-refractivity contribution >= 4 is 5.69 Å². The molecule has 0 radical (unpaired) electrons. The lowest BCUT2D eigenvalue weighted by Crippen LogP contribution is -2.28. The van der Waals surface area contributed by atoms with Gasteiger partial charge in [-0.1, -0.05) is 20.8 Å². The fourth-order valence-corrected chi connectivity index (χ4v) is 1.47. The number of ether oxygens (including phenoxy) is 1. The van der Waals surface area contributed by atoms with Gasteiger partial charge >= 0.3 is 0 Å². The minimum atomic E-state index is -0.418. The summed E-state index contributed by atoms with van der Waals surface area (Å²) in [5.74, 6) is 1.96. The van der Waals surface area contributed by atoms with Crippen LogP contribution < -0.4 is 10.1 Å². The second kappa shape index (κ2) is 7.74. The van der Waals surface area contributed by atoms with Crippen LogP contribution in [0.2, 0.25) is 0 Å². The number of nitro benzene ring substituents is 1. The Bertz CT molecular complexity index is 390. The highest BCUT2D eigenvalue weighted by Gasteiger charge is 2.06. The normalized spacial score (nSPS) is 12.4. The van der Waals surface area contributed by atoms with Gasteiger partial charge < -0.3 is 10.1 Å². The number of non-ortho nitro benzene ring substituents is 1. The lowest BCUT2D eigenvalue weighted by Gasteiger charge is -2.16. The second-order valence-corrected chi connectivity index (χ2v) is 5.02. The maximum Gasteiger partial charge on any atom is 0.269 e. The minimum absolute atomic E-state index is 0.0798. The SMILES string of the molecule is CC(C)C(C)CNCCOc1ccc([N+](=O)[O-])cc1. The molecule has 0 fully saturated rings. The van der Waals surface area contributed by atoms with Crippen molar-refractivity contribution in [2.75, 3.05) is 19.7 Å². The van der Waals surface area contributed by atoms with Crippen LogP contribution in [0.3, 0.4) is 0 Å². The first-order valence-electron chi connectivity index (χ1n) is 6.58. The van der Waals surface area contributed by atoms with E-state index in [2.05, 4.69) is 26.1 Å². The highest BCUT2D eigenvalue weighted by atomic mass is 16.6. The van der Waals surface area contributed by atoms with E-state index in [1.807, 2.05) is 0 Å². The van der Waals surface area contributed by atoms with Crippen LogP contribution in [0, 0.1) is 22.0 Å². The molecule has 0 bridgehead atoms. The highest BCUT2D eigenvalue weighted by molar-refractivity contribution is 5.35. The Morgan fingerprint density at radius 1 is 1.26 bits per heavy atom. The summed E-state index contributed by atoms with van der Waals surface area (Å²) in [4.78, 5) is 10.1. The Balaban J connectivity index is 2.21. The smallest absolute Gasteiger partial charge is 0.269 e. The molecule has 0 aliphatic rings. The van der Waals surface area contributed by atoms with Crippen LogP contribution in [0.4, 0.5) is 5.69 Å². The van der Waals surface area contributed by atoms with Crippen molar-refractivity contribution in [1.29, 1.82) is 0 Å². The van der Waals surface area contributed by atoms with Gasteiger partial charge in [0.1, 0.15) is 12.4 Å². The van der Waals surface area contributed by atoms with E-state index in [9.17, 15) is 10.1 Å². The van der Waals surface area contributed by atoms with E-state index in [0.29, 0.717) is 24.2 Å². The fourth-order valence-electron chi connectivity index (χ4n) is 1.47. The third-order valence-corrected chi connectivity index (χ3v) is 3.20. The first-order chi connectivity index (χ1) is 9.00. The average molecular weight is 266 g/mol. The number of hydrogen-bond donors (Lipinski definition) is 1. The Hall–Kier alpha value is -1.62. The Kier molecular flexibility index (Phi) is 6.29. The molecule has 1 aromatic carbocycles. The van der Waals surface area contributed by atoms with E-state index >= 15 is 0 Å². The van der Waals surface area contributed by atoms with Gasteiger partial charge in [0.15, 0.2) is 0 Å². The molecule has 19 heavy (non-hydrogen) atoms. The molecule has 106 valence electrons. The van der Waals surface area contributed by atoms with E-state index in [1.165, 1.54) is 12.1 Å². The summed E-state index contributed by atoms with van der Waals surface area (Å²) >= 11 is 0. The van der Waals surface area contributed by atoms with Crippen LogP contribution in [0.1, 0.15) is 20.8 Å². The summed E-state index contributed by atoms with van der Waals surface area (Å²) in [5, 5.41) is 13.8. The van der Waals surface area contributed by atoms with Crippen LogP contribution in [-0.4, -0.2) is 24.6 Å². The number of nitrogens with zero attached hydrogens (tertiary/aromatic N) is 1. The summed E-state index contributed by atoms with van der Waals surface area (Å²) in [6.45, 7) is 8.94. The van der Waals surface area contributed by atoms with Crippen molar-refractivity contribution in [2.24, 2.45) is 11.8 Å². The lowest BCUT2D eigenvalue weighted by molar-refractivity contribution is -0.384. The quantitative estimate of drug-likeness (QED) is 0.446. The molecule has 1 atom stereocenters. The standard InChI is InChI=1S/C14H22N2O3/c1-11(2)12(3)10-15-8-9-19-14-6-4-13(5-7-14)16(17)18/h4-7,11-12,15H,8-10H2,1-3H3. The van der Waals surface area contributed by atoms with E-state index in [4.69, 9.17) is 4.74 Å². The molecule has 5 heteroatoms. The molecule has 0 aliphatic carbocycles. The monoisotopic (exact) mass is 266 g/mol. The van der Waals surface area contributed by atoms with E-state index in [-0.39, 0.29) is 5.69 Å². The molecule has 0 saturated heterocycles. The molecule has 0 heterocycles. The molecule has 1 aromatic rings. The van der Waals surface area contributed by atoms with E-state index < -0.39 is 4.92 Å². The number of hydrogen-bond acceptors (Lipinski definition) is 4. The number of nitro groups is 1. The number of nitrogens with one attached hydrogen (secondary N) is 1. The van der Waals surface area contributed by atoms with Crippen LogP contribution >= 0.6 is 0 Å². The van der Waals surface area contributed by atoms with Crippen molar-refractivity contribution in [3.05, 3.63) is 34.4 Å². The maximum absolute atomic E-state index is 10.5. The van der Waals surface area contributed by atoms with Gasteiger partial charge in [-0.2, -0.15) is 0 Å². The molecule has 1 rings (SSSR count). The topological polar surface area (TPSA) is 64.4 Å². The molecule has 0 aliphatic heterocycles. The van der Waals surface area contributed by atoms with Gasteiger partial charge in [0, 0.05) is 18.7 Å². The third kappa shape index (κ3) is 5.70. The zero-order valence-corrected chi connectivity index (χ0v) is 11.8. The summed E-state index contributed by atoms with van der Waals surface area (Å²) in [6.07, 6.45) is 0. The van der Waals surface area contributed by atoms with Gasteiger partial charge in [-0.05, 0) is 30.5 Å². The van der Waals surface area contributed by atoms with Crippen molar-refractivity contribution < 1.29 is 9.66 Å². The van der Waals surface area contributed by atoms with Crippen LogP contribution in [-0.2, 0) is 0 Å². The minimum Gasteiger partial charge on any atom is -0.492 e. The second-order valence-electron chi connectivity index (χ2n) is 5.02. The summed E-state index contributed by atoms with van der Waals surface area (Å²) in [7, 11) is 0. The Morgan fingerprint density at radius 2 is 1.89 bits per heavy atom. The average Bonchev–Trinajstić information content (AvgIpc) is 2.38. The van der Waals surface area contributed by atoms with Crippen LogP contribution in [0.15, 0.2) is 24.3 Å². The zero-order valence-electron chi connectivity index (χ0n) is 11.8. The molecule has 0 aromatic heterocycles. The third-order valence-electron chi connectivity index (χ3n) is 3.20. The predicted octanol–water partition coefficient (Wildman–Crippen LogP) is 2.86. The fraction of sp³-hybridized carbons (Fsp3) is 0.571. The molecule has 0 saturated carbocycles. The van der Waals surface area contributed by atoms with Crippen molar-refractivity contribution in [1.82, 2.24) is 5.32 Å². The Labute approximate surface area is 114 Å². The zero-order chi connectivity index (χ0) is 14.3. The van der Waals surface area contributed by atoms with Crippen LogP contribution in [0.25, 0.3) is 0 Å². The molecular formula is C14H22N2O3. The first kappa shape index (κ1) is 15.4. The highest BCUT2D eigenvalue weighted by Crippen LogP contribution is 2.16. The van der Waals surface area contributed by atoms with E-state index in [1.54, 1.807) is 12.1 Å². The molecule has 1 unspecified atom stereocenters. The summed E-state index contributed by atoms with van der Waals surface area (Å²) in [5.41, 5.74) is 0.0798. The van der Waals surface area contributed by atoms with Crippen molar-refractivity contribution in [3.8, 4) is 5.75 Å². The number of rotatable bonds is 8. The van der Waals surface area contributed by atoms with Gasteiger partial charge in [0.25, 0.3) is 5.69 Å². The van der Waals surface area contributed by atoms with Gasteiger partial charge in [-0.15, -0.1) is 0 Å². The van der Waals surface area contributed by atoms with Crippen molar-refractivity contribution in [2.45, 2.75) is 20.8 Å². The summed E-state index contributed by atoms with van der Waals surface area (Å²) in [6, 6.07) is 6.14. The predicted molar refractivity (Wildman–Crippen MR) is 75.5 cm³/mol. The van der Waals surface area contributed by atoms with Gasteiger partial charge in [-0.25, -0.2) is 0 Å². The molecule has 1 N–H and O–H groups in total. The lowest BCUT2D eigenvalue weighted by atomic mass is 9.98. The van der Waals surface area contributed by atoms with E-state index in [0.717, 1.165) is 13.1 Å². The molecule has 5 nitrogen and oxygen atoms in total. The first-order valence-corrected chi connectivity index (χ1v) is 6.58. The molecular weight excluding hydrogens is 244 g/mol. The van der Waals surface area contributed by atoms with Gasteiger partial charge in [0.2, 0.25) is 0 Å². The molecule has 0 spiro atoms. The van der Waals surface area contributed by atoms with Gasteiger partial charge in [-0.3, -0.25) is 10.1 Å². The Morgan fingerprint density at radius 3 is 2.42 bits per heavy atom. The maximum atomic E-state index is 10.5. The molecule has 0 amide bonds. The largest absolute Gasteiger partial charge is 0.492 e. The number of benzene rings is 1. The van der Waals surface area contributed by atoms with Crippen LogP contribution in [0.5, 0.6) is 5.75 Å². The van der Waals surface area contributed by atoms with Crippen molar-refractivity contribution in [3.63, 3.8) is 0 Å². The summed E-state index contributed by atoms with van der Waals surface area (Å²) < 4.78 is 5.50.